The Balaban J connectivity index is 1.72. The van der Waals surface area contributed by atoms with Crippen LogP contribution in [0.2, 0.25) is 0 Å². The van der Waals surface area contributed by atoms with Crippen LogP contribution in [0.5, 0.6) is 0 Å². The molecule has 3 aliphatic rings. The highest BCUT2D eigenvalue weighted by Crippen LogP contribution is 2.45. The standard InChI is InChI=1S/C17H29NO2/c1-2-16(8-10-18-11-9-16)15(19)14-5-12-20-17(13-14)6-3-4-7-17/h14,18H,2-13H2,1H3. The first-order valence-electron chi connectivity index (χ1n) is 8.59. The van der Waals surface area contributed by atoms with Crippen LogP contribution in [0.4, 0.5) is 0 Å². The van der Waals surface area contributed by atoms with E-state index < -0.39 is 0 Å². The summed E-state index contributed by atoms with van der Waals surface area (Å²) >= 11 is 0. The second-order valence-corrected chi connectivity index (χ2v) is 7.18. The number of hydrogen-bond donors (Lipinski definition) is 1. The normalized spacial score (nSPS) is 32.4. The van der Waals surface area contributed by atoms with E-state index in [0.717, 1.165) is 51.8 Å². The molecular formula is C17H29NO2. The SMILES string of the molecule is CCC1(C(=O)C2CCOC3(CCCC3)C2)CCNCC1. The number of piperidine rings is 1. The Morgan fingerprint density at radius 1 is 1.20 bits per heavy atom. The van der Waals surface area contributed by atoms with Crippen molar-refractivity contribution in [2.75, 3.05) is 19.7 Å². The fourth-order valence-corrected chi connectivity index (χ4v) is 4.73. The summed E-state index contributed by atoms with van der Waals surface area (Å²) in [7, 11) is 0. The van der Waals surface area contributed by atoms with Crippen LogP contribution >= 0.6 is 0 Å². The van der Waals surface area contributed by atoms with Gasteiger partial charge in [0.05, 0.1) is 5.60 Å². The summed E-state index contributed by atoms with van der Waals surface area (Å²) in [6.45, 7) is 5.02. The predicted octanol–water partition coefficient (Wildman–Crippen LogP) is 3.07. The van der Waals surface area contributed by atoms with Gasteiger partial charge in [0.25, 0.3) is 0 Å². The van der Waals surface area contributed by atoms with Crippen molar-refractivity contribution >= 4 is 5.78 Å². The molecule has 0 aromatic heterocycles. The molecule has 0 aromatic rings. The number of hydrogen-bond acceptors (Lipinski definition) is 3. The molecule has 1 spiro atoms. The molecule has 1 saturated carbocycles. The summed E-state index contributed by atoms with van der Waals surface area (Å²) < 4.78 is 6.10. The topological polar surface area (TPSA) is 38.3 Å². The summed E-state index contributed by atoms with van der Waals surface area (Å²) in [5.74, 6) is 0.830. The second-order valence-electron chi connectivity index (χ2n) is 7.18. The van der Waals surface area contributed by atoms with E-state index in [0.29, 0.717) is 5.78 Å². The van der Waals surface area contributed by atoms with Crippen LogP contribution < -0.4 is 5.32 Å². The van der Waals surface area contributed by atoms with Crippen LogP contribution in [-0.4, -0.2) is 31.1 Å². The van der Waals surface area contributed by atoms with Gasteiger partial charge < -0.3 is 10.1 Å². The molecule has 1 aliphatic carbocycles. The molecule has 20 heavy (non-hydrogen) atoms. The average Bonchev–Trinajstić information content (AvgIpc) is 2.95. The highest BCUT2D eigenvalue weighted by molar-refractivity contribution is 5.87. The van der Waals surface area contributed by atoms with E-state index >= 15 is 0 Å². The fraction of sp³-hybridized carbons (Fsp3) is 0.941. The third kappa shape index (κ3) is 2.55. The smallest absolute Gasteiger partial charge is 0.142 e. The molecule has 1 N–H and O–H groups in total. The lowest BCUT2D eigenvalue weighted by molar-refractivity contribution is -0.147. The van der Waals surface area contributed by atoms with Crippen LogP contribution in [-0.2, 0) is 9.53 Å². The van der Waals surface area contributed by atoms with E-state index in [-0.39, 0.29) is 16.9 Å². The van der Waals surface area contributed by atoms with Crippen LogP contribution in [0, 0.1) is 11.3 Å². The fourth-order valence-electron chi connectivity index (χ4n) is 4.73. The van der Waals surface area contributed by atoms with Gasteiger partial charge in [0.2, 0.25) is 0 Å². The Kier molecular flexibility index (Phi) is 4.19. The van der Waals surface area contributed by atoms with Gasteiger partial charge in [0.1, 0.15) is 5.78 Å². The molecular weight excluding hydrogens is 250 g/mol. The quantitative estimate of drug-likeness (QED) is 0.863. The van der Waals surface area contributed by atoms with Crippen molar-refractivity contribution in [2.45, 2.75) is 70.3 Å². The summed E-state index contributed by atoms with van der Waals surface area (Å²) in [6, 6.07) is 0. The third-order valence-corrected chi connectivity index (χ3v) is 6.14. The van der Waals surface area contributed by atoms with E-state index in [4.69, 9.17) is 4.74 Å². The van der Waals surface area contributed by atoms with E-state index in [1.807, 2.05) is 0 Å². The van der Waals surface area contributed by atoms with Gasteiger partial charge in [0, 0.05) is 17.9 Å². The molecule has 3 fully saturated rings. The molecule has 1 atom stereocenters. The molecule has 3 heteroatoms. The maximum Gasteiger partial charge on any atom is 0.142 e. The lowest BCUT2D eigenvalue weighted by Crippen LogP contribution is -2.48. The zero-order chi connectivity index (χ0) is 14.1. The summed E-state index contributed by atoms with van der Waals surface area (Å²) in [5, 5.41) is 3.40. The van der Waals surface area contributed by atoms with Crippen LogP contribution in [0.25, 0.3) is 0 Å². The van der Waals surface area contributed by atoms with Gasteiger partial charge in [-0.15, -0.1) is 0 Å². The minimum atomic E-state index is -0.0347. The highest BCUT2D eigenvalue weighted by atomic mass is 16.5. The summed E-state index contributed by atoms with van der Waals surface area (Å²) in [4.78, 5) is 13.2. The number of carbonyl (C=O) groups is 1. The van der Waals surface area contributed by atoms with Crippen molar-refractivity contribution in [2.24, 2.45) is 11.3 Å². The maximum atomic E-state index is 13.2. The second kappa shape index (κ2) is 5.76. The van der Waals surface area contributed by atoms with E-state index in [1.54, 1.807) is 0 Å². The van der Waals surface area contributed by atoms with E-state index in [9.17, 15) is 4.79 Å². The Hall–Kier alpha value is -0.410. The van der Waals surface area contributed by atoms with Crippen molar-refractivity contribution in [3.05, 3.63) is 0 Å². The van der Waals surface area contributed by atoms with Gasteiger partial charge in [-0.3, -0.25) is 4.79 Å². The highest BCUT2D eigenvalue weighted by Gasteiger charge is 2.47. The van der Waals surface area contributed by atoms with Gasteiger partial charge in [-0.2, -0.15) is 0 Å². The van der Waals surface area contributed by atoms with Crippen molar-refractivity contribution in [3.8, 4) is 0 Å². The Bertz CT molecular complexity index is 354. The van der Waals surface area contributed by atoms with E-state index in [2.05, 4.69) is 12.2 Å². The van der Waals surface area contributed by atoms with Crippen molar-refractivity contribution in [3.63, 3.8) is 0 Å². The van der Waals surface area contributed by atoms with Gasteiger partial charge in [0.15, 0.2) is 0 Å². The molecule has 3 rings (SSSR count). The number of Topliss-reactive ketones (excluding diaryl/α,β-unsaturated/α-hetero) is 1. The third-order valence-electron chi connectivity index (χ3n) is 6.14. The van der Waals surface area contributed by atoms with Gasteiger partial charge in [-0.25, -0.2) is 0 Å². The average molecular weight is 279 g/mol. The Morgan fingerprint density at radius 3 is 2.55 bits per heavy atom. The summed E-state index contributed by atoms with van der Waals surface area (Å²) in [6.07, 6.45) is 9.95. The first-order chi connectivity index (χ1) is 9.70. The lowest BCUT2D eigenvalue weighted by Gasteiger charge is -2.43. The molecule has 2 saturated heterocycles. The molecule has 0 amide bonds. The molecule has 114 valence electrons. The van der Waals surface area contributed by atoms with Gasteiger partial charge in [-0.1, -0.05) is 19.8 Å². The summed E-state index contributed by atoms with van der Waals surface area (Å²) in [5.41, 5.74) is 0.0352. The van der Waals surface area contributed by atoms with Crippen LogP contribution in [0.3, 0.4) is 0 Å². The minimum Gasteiger partial charge on any atom is -0.375 e. The molecule has 3 nitrogen and oxygen atoms in total. The monoisotopic (exact) mass is 279 g/mol. The van der Waals surface area contributed by atoms with Crippen molar-refractivity contribution < 1.29 is 9.53 Å². The molecule has 1 unspecified atom stereocenters. The zero-order valence-corrected chi connectivity index (χ0v) is 12.9. The molecule has 0 bridgehead atoms. The van der Waals surface area contributed by atoms with Crippen molar-refractivity contribution in [1.82, 2.24) is 5.32 Å². The number of ether oxygens (including phenoxy) is 1. The Morgan fingerprint density at radius 2 is 1.90 bits per heavy atom. The first-order valence-corrected chi connectivity index (χ1v) is 8.59. The number of rotatable bonds is 3. The lowest BCUT2D eigenvalue weighted by atomic mass is 9.66. The predicted molar refractivity (Wildman–Crippen MR) is 79.7 cm³/mol. The van der Waals surface area contributed by atoms with Gasteiger partial charge >= 0.3 is 0 Å². The zero-order valence-electron chi connectivity index (χ0n) is 12.9. The molecule has 2 heterocycles. The number of carbonyl (C=O) groups excluding carboxylic acids is 1. The molecule has 2 aliphatic heterocycles. The molecule has 0 aromatic carbocycles. The van der Waals surface area contributed by atoms with Gasteiger partial charge in [-0.05, 0) is 58.0 Å². The number of nitrogens with one attached hydrogen (secondary N) is 1. The molecule has 0 radical (unpaired) electrons. The number of ketones is 1. The van der Waals surface area contributed by atoms with E-state index in [1.165, 1.54) is 25.7 Å². The van der Waals surface area contributed by atoms with Crippen molar-refractivity contribution in [1.29, 1.82) is 0 Å². The maximum absolute atomic E-state index is 13.2. The van der Waals surface area contributed by atoms with Crippen LogP contribution in [0.1, 0.15) is 64.7 Å². The largest absolute Gasteiger partial charge is 0.375 e. The first kappa shape index (κ1) is 14.5. The van der Waals surface area contributed by atoms with Crippen LogP contribution in [0.15, 0.2) is 0 Å². The Labute approximate surface area is 122 Å². The minimum absolute atomic E-state index is 0.0347.